The van der Waals surface area contributed by atoms with E-state index in [2.05, 4.69) is 14.7 Å². The van der Waals surface area contributed by atoms with Gasteiger partial charge in [-0.05, 0) is 0 Å². The molecule has 0 N–H and O–H groups in total. The lowest BCUT2D eigenvalue weighted by Gasteiger charge is -1.86. The van der Waals surface area contributed by atoms with Gasteiger partial charge in [0.25, 0.3) is 5.89 Å². The summed E-state index contributed by atoms with van der Waals surface area (Å²) in [5.74, 6) is 0.770. The van der Waals surface area contributed by atoms with Crippen LogP contribution in [-0.4, -0.2) is 10.1 Å². The Morgan fingerprint density at radius 3 is 2.50 bits per heavy atom. The van der Waals surface area contributed by atoms with Gasteiger partial charge in [-0.25, -0.2) is 0 Å². The van der Waals surface area contributed by atoms with E-state index in [4.69, 9.17) is 34.8 Å². The molecule has 10 heavy (non-hydrogen) atoms. The Kier molecular flexibility index (Phi) is 2.77. The van der Waals surface area contributed by atoms with Crippen molar-refractivity contribution in [3.05, 3.63) is 11.7 Å². The largest absolute Gasteiger partial charge is 0.336 e. The first-order valence-electron chi connectivity index (χ1n) is 2.40. The van der Waals surface area contributed by atoms with E-state index < -0.39 is 4.84 Å². The molecule has 0 aromatic carbocycles. The van der Waals surface area contributed by atoms with Crippen LogP contribution >= 0.6 is 34.8 Å². The summed E-state index contributed by atoms with van der Waals surface area (Å²) in [7, 11) is 0. The number of hydrogen-bond acceptors (Lipinski definition) is 3. The molecule has 0 aliphatic heterocycles. The van der Waals surface area contributed by atoms with E-state index in [0.29, 0.717) is 5.82 Å². The van der Waals surface area contributed by atoms with Gasteiger partial charge in [0.2, 0.25) is 0 Å². The number of hydrogen-bond donors (Lipinski definition) is 0. The van der Waals surface area contributed by atoms with E-state index in [-0.39, 0.29) is 11.8 Å². The third-order valence-electron chi connectivity index (χ3n) is 0.790. The average molecular weight is 201 g/mol. The zero-order chi connectivity index (χ0) is 7.56. The van der Waals surface area contributed by atoms with Crippen LogP contribution < -0.4 is 0 Å². The minimum Gasteiger partial charge on any atom is -0.336 e. The molecule has 0 atom stereocenters. The van der Waals surface area contributed by atoms with Crippen molar-refractivity contribution in [2.75, 3.05) is 0 Å². The third-order valence-corrected chi connectivity index (χ3v) is 1.40. The Balaban J connectivity index is 2.78. The number of aromatic nitrogens is 2. The van der Waals surface area contributed by atoms with Crippen molar-refractivity contribution in [2.45, 2.75) is 10.7 Å². The molecule has 56 valence electrons. The van der Waals surface area contributed by atoms with Crippen molar-refractivity contribution >= 4 is 34.8 Å². The molecule has 6 heteroatoms. The smallest absolute Gasteiger partial charge is 0.259 e. The molecule has 0 unspecified atom stereocenters. The normalized spacial score (nSPS) is 10.8. The Morgan fingerprint density at radius 1 is 1.50 bits per heavy atom. The fourth-order valence-corrected chi connectivity index (χ4v) is 0.696. The zero-order valence-corrected chi connectivity index (χ0v) is 6.99. The second kappa shape index (κ2) is 3.42. The fourth-order valence-electron chi connectivity index (χ4n) is 0.410. The molecule has 1 aromatic heterocycles. The molecular weight excluding hydrogens is 198 g/mol. The first-order chi connectivity index (χ1) is 4.74. The second-order valence-corrected chi connectivity index (χ2v) is 2.85. The van der Waals surface area contributed by atoms with E-state index in [1.165, 1.54) is 0 Å². The fraction of sp³-hybridized carbons (Fsp3) is 0.500. The van der Waals surface area contributed by atoms with Crippen LogP contribution in [-0.2, 0) is 5.88 Å². The van der Waals surface area contributed by atoms with Gasteiger partial charge in [-0.1, -0.05) is 28.4 Å². The topological polar surface area (TPSA) is 38.9 Å². The SMILES string of the molecule is ClCc1noc(C(Cl)Cl)n1. The number of halogens is 3. The van der Waals surface area contributed by atoms with E-state index >= 15 is 0 Å². The number of nitrogens with zero attached hydrogens (tertiary/aromatic N) is 2. The Labute approximate surface area is 72.3 Å². The summed E-state index contributed by atoms with van der Waals surface area (Å²) >= 11 is 16.2. The Bertz CT molecular complexity index is 212. The quantitative estimate of drug-likeness (QED) is 0.689. The van der Waals surface area contributed by atoms with Crippen LogP contribution in [0.15, 0.2) is 4.52 Å². The highest BCUT2D eigenvalue weighted by atomic mass is 35.5. The van der Waals surface area contributed by atoms with Gasteiger partial charge in [-0.15, -0.1) is 11.6 Å². The average Bonchev–Trinajstić information content (AvgIpc) is 2.34. The lowest BCUT2D eigenvalue weighted by atomic mass is 10.7. The monoisotopic (exact) mass is 200 g/mol. The van der Waals surface area contributed by atoms with Crippen molar-refractivity contribution in [1.82, 2.24) is 10.1 Å². The minimum atomic E-state index is -0.774. The van der Waals surface area contributed by atoms with Gasteiger partial charge < -0.3 is 4.52 Å². The predicted molar refractivity (Wildman–Crippen MR) is 38.3 cm³/mol. The molecule has 0 fully saturated rings. The highest BCUT2D eigenvalue weighted by Gasteiger charge is 2.11. The van der Waals surface area contributed by atoms with Crippen molar-refractivity contribution < 1.29 is 4.52 Å². The van der Waals surface area contributed by atoms with Gasteiger partial charge in [-0.2, -0.15) is 4.98 Å². The van der Waals surface area contributed by atoms with Gasteiger partial charge >= 0.3 is 0 Å². The predicted octanol–water partition coefficient (Wildman–Crippen LogP) is 2.28. The maximum atomic E-state index is 5.40. The summed E-state index contributed by atoms with van der Waals surface area (Å²) in [4.78, 5) is 2.98. The first kappa shape index (κ1) is 8.11. The lowest BCUT2D eigenvalue weighted by Crippen LogP contribution is -1.82. The summed E-state index contributed by atoms with van der Waals surface area (Å²) in [6, 6.07) is 0. The number of alkyl halides is 3. The summed E-state index contributed by atoms with van der Waals surface area (Å²) in [5, 5.41) is 3.47. The standard InChI is InChI=1S/C4H3Cl3N2O/c5-1-2-8-4(3(6)7)10-9-2/h3H,1H2. The first-order valence-corrected chi connectivity index (χ1v) is 3.81. The van der Waals surface area contributed by atoms with Crippen molar-refractivity contribution in [2.24, 2.45) is 0 Å². The molecule has 0 radical (unpaired) electrons. The van der Waals surface area contributed by atoms with Gasteiger partial charge in [0.1, 0.15) is 0 Å². The maximum Gasteiger partial charge on any atom is 0.259 e. The summed E-state index contributed by atoms with van der Waals surface area (Å²) in [6.07, 6.45) is 0. The molecule has 0 saturated carbocycles. The van der Waals surface area contributed by atoms with E-state index in [1.54, 1.807) is 0 Å². The third kappa shape index (κ3) is 1.75. The second-order valence-electron chi connectivity index (χ2n) is 1.48. The van der Waals surface area contributed by atoms with Crippen LogP contribution in [0.25, 0.3) is 0 Å². The van der Waals surface area contributed by atoms with E-state index in [0.717, 1.165) is 0 Å². The van der Waals surface area contributed by atoms with Crippen molar-refractivity contribution in [3.63, 3.8) is 0 Å². The van der Waals surface area contributed by atoms with Crippen LogP contribution in [0.1, 0.15) is 16.6 Å². The molecule has 0 aliphatic rings. The van der Waals surface area contributed by atoms with Crippen LogP contribution in [0, 0.1) is 0 Å². The molecule has 0 aliphatic carbocycles. The summed E-state index contributed by atoms with van der Waals surface area (Å²) < 4.78 is 4.61. The minimum absolute atomic E-state index is 0.180. The molecule has 0 saturated heterocycles. The van der Waals surface area contributed by atoms with Gasteiger partial charge in [0.15, 0.2) is 10.7 Å². The van der Waals surface area contributed by atoms with Gasteiger partial charge in [-0.3, -0.25) is 0 Å². The van der Waals surface area contributed by atoms with Crippen LogP contribution in [0.3, 0.4) is 0 Å². The zero-order valence-electron chi connectivity index (χ0n) is 4.72. The Hall–Kier alpha value is 0.01000. The van der Waals surface area contributed by atoms with Crippen LogP contribution in [0.4, 0.5) is 0 Å². The maximum absolute atomic E-state index is 5.40. The summed E-state index contributed by atoms with van der Waals surface area (Å²) in [6.45, 7) is 0. The van der Waals surface area contributed by atoms with Gasteiger partial charge in [0, 0.05) is 0 Å². The molecule has 3 nitrogen and oxygen atoms in total. The van der Waals surface area contributed by atoms with Crippen LogP contribution in [0.2, 0.25) is 0 Å². The van der Waals surface area contributed by atoms with Gasteiger partial charge in [0.05, 0.1) is 5.88 Å². The van der Waals surface area contributed by atoms with Crippen molar-refractivity contribution in [1.29, 1.82) is 0 Å². The lowest BCUT2D eigenvalue weighted by molar-refractivity contribution is 0.383. The highest BCUT2D eigenvalue weighted by Crippen LogP contribution is 2.22. The molecule has 0 spiro atoms. The molecule has 1 aromatic rings. The molecule has 0 amide bonds. The molecular formula is C4H3Cl3N2O. The molecule has 0 bridgehead atoms. The Morgan fingerprint density at radius 2 is 2.20 bits per heavy atom. The van der Waals surface area contributed by atoms with E-state index in [9.17, 15) is 0 Å². The van der Waals surface area contributed by atoms with Crippen molar-refractivity contribution in [3.8, 4) is 0 Å². The highest BCUT2D eigenvalue weighted by molar-refractivity contribution is 6.43. The number of rotatable bonds is 2. The summed E-state index contributed by atoms with van der Waals surface area (Å²) in [5.41, 5.74) is 0. The van der Waals surface area contributed by atoms with E-state index in [1.807, 2.05) is 0 Å². The van der Waals surface area contributed by atoms with Crippen LogP contribution in [0.5, 0.6) is 0 Å². The molecule has 1 heterocycles. The molecule has 1 rings (SSSR count).